The molecule has 1 saturated carbocycles. The smallest absolute Gasteiger partial charge is 0.324 e. The fourth-order valence-corrected chi connectivity index (χ4v) is 4.46. The zero-order valence-corrected chi connectivity index (χ0v) is 20.4. The molecule has 2 aromatic heterocycles. The van der Waals surface area contributed by atoms with Crippen LogP contribution in [-0.2, 0) is 45.1 Å². The van der Waals surface area contributed by atoms with E-state index in [1.165, 1.54) is 0 Å². The van der Waals surface area contributed by atoms with Crippen LogP contribution in [0.3, 0.4) is 0 Å². The van der Waals surface area contributed by atoms with Gasteiger partial charge in [-0.1, -0.05) is 66.7 Å². The van der Waals surface area contributed by atoms with Crippen molar-refractivity contribution >= 4 is 11.9 Å². The summed E-state index contributed by atoms with van der Waals surface area (Å²) >= 11 is 0. The second-order valence-corrected chi connectivity index (χ2v) is 9.34. The lowest BCUT2D eigenvalue weighted by atomic mass is 10.0. The van der Waals surface area contributed by atoms with Gasteiger partial charge in [-0.2, -0.15) is 0 Å². The van der Waals surface area contributed by atoms with E-state index in [1.54, 1.807) is 18.6 Å². The number of rotatable bonds is 11. The molecule has 5 rings (SSSR count). The zero-order chi connectivity index (χ0) is 25.7. The molecule has 0 spiro atoms. The highest BCUT2D eigenvalue weighted by Crippen LogP contribution is 2.55. The van der Waals surface area contributed by atoms with Crippen molar-refractivity contribution in [3.63, 3.8) is 0 Å². The largest absolute Gasteiger partial charge is 0.469 e. The molecule has 1 fully saturated rings. The highest BCUT2D eigenvalue weighted by Gasteiger charge is 2.67. The number of esters is 2. The van der Waals surface area contributed by atoms with Gasteiger partial charge in [0.1, 0.15) is 24.7 Å². The van der Waals surface area contributed by atoms with Gasteiger partial charge in [0.15, 0.2) is 5.41 Å². The fourth-order valence-electron chi connectivity index (χ4n) is 4.46. The zero-order valence-electron chi connectivity index (χ0n) is 20.4. The molecule has 0 aliphatic heterocycles. The van der Waals surface area contributed by atoms with E-state index in [2.05, 4.69) is 6.58 Å². The minimum atomic E-state index is -1.35. The molecule has 0 amide bonds. The normalized spacial score (nSPS) is 15.6. The highest BCUT2D eigenvalue weighted by molar-refractivity contribution is 6.04. The maximum atomic E-state index is 13.0. The minimum Gasteiger partial charge on any atom is -0.469 e. The van der Waals surface area contributed by atoms with E-state index in [1.807, 2.05) is 72.8 Å². The Bertz CT molecular complexity index is 1270. The molecule has 0 radical (unpaired) electrons. The van der Waals surface area contributed by atoms with Gasteiger partial charge in [-0.05, 0) is 29.7 Å². The number of allylic oxidation sites excluding steroid dienone is 1. The summed E-state index contributed by atoms with van der Waals surface area (Å²) in [6, 6.07) is 23.6. The highest BCUT2D eigenvalue weighted by atomic mass is 16.6. The predicted octanol–water partition coefficient (Wildman–Crippen LogP) is 6.03. The lowest BCUT2D eigenvalue weighted by Crippen LogP contribution is -2.31. The molecule has 37 heavy (non-hydrogen) atoms. The number of hydrogen-bond donors (Lipinski definition) is 0. The molecule has 188 valence electrons. The third-order valence-electron chi connectivity index (χ3n) is 6.63. The van der Waals surface area contributed by atoms with Crippen LogP contribution < -0.4 is 0 Å². The molecule has 2 heterocycles. The van der Waals surface area contributed by atoms with Gasteiger partial charge < -0.3 is 18.3 Å². The third-order valence-corrected chi connectivity index (χ3v) is 6.63. The second-order valence-electron chi connectivity index (χ2n) is 9.34. The first kappa shape index (κ1) is 24.4. The molecule has 0 bridgehead atoms. The van der Waals surface area contributed by atoms with Crippen molar-refractivity contribution in [2.24, 2.45) is 11.3 Å². The number of hydrogen-bond acceptors (Lipinski definition) is 6. The molecule has 1 aliphatic rings. The molecule has 4 aromatic rings. The molecule has 1 aliphatic carbocycles. The molecular formula is C31H28O6. The average Bonchev–Trinajstić information content (AvgIpc) is 3.24. The van der Waals surface area contributed by atoms with Crippen molar-refractivity contribution in [1.29, 1.82) is 0 Å². The van der Waals surface area contributed by atoms with E-state index >= 15 is 0 Å². The summed E-state index contributed by atoms with van der Waals surface area (Å²) < 4.78 is 22.3. The van der Waals surface area contributed by atoms with Crippen LogP contribution >= 0.6 is 0 Å². The van der Waals surface area contributed by atoms with E-state index < -0.39 is 17.4 Å². The van der Waals surface area contributed by atoms with E-state index in [-0.39, 0.29) is 19.1 Å². The van der Waals surface area contributed by atoms with Gasteiger partial charge in [-0.25, -0.2) is 0 Å². The number of benzene rings is 2. The summed E-state index contributed by atoms with van der Waals surface area (Å²) in [6.07, 6.45) is 6.35. The maximum absolute atomic E-state index is 13.0. The van der Waals surface area contributed by atoms with Crippen molar-refractivity contribution in [3.05, 3.63) is 132 Å². The molecule has 0 saturated heterocycles. The van der Waals surface area contributed by atoms with Gasteiger partial charge >= 0.3 is 11.9 Å². The number of ether oxygens (including phenoxy) is 2. The summed E-state index contributed by atoms with van der Waals surface area (Å²) in [4.78, 5) is 26.0. The Morgan fingerprint density at radius 2 is 1.24 bits per heavy atom. The van der Waals surface area contributed by atoms with Crippen LogP contribution in [0.2, 0.25) is 0 Å². The standard InChI is InChI=1S/C31H28O6/c1-2-26-17-31(26,29(32)36-20-24-15-27(34-18-24)13-22-9-5-3-6-10-22)30(33)37-21-25-16-28(35-19-25)14-23-11-7-4-8-12-23/h2-12,15-16,18-19,26H,1,13-14,17,20-21H2. The Morgan fingerprint density at radius 1 is 0.784 bits per heavy atom. The van der Waals surface area contributed by atoms with Gasteiger partial charge in [-0.3, -0.25) is 9.59 Å². The first-order valence-corrected chi connectivity index (χ1v) is 12.2. The van der Waals surface area contributed by atoms with Crippen LogP contribution in [-0.4, -0.2) is 11.9 Å². The second kappa shape index (κ2) is 10.7. The Kier molecular flexibility index (Phi) is 7.08. The van der Waals surface area contributed by atoms with Crippen LogP contribution in [0.4, 0.5) is 0 Å². The summed E-state index contributed by atoms with van der Waals surface area (Å²) in [5.41, 5.74) is 2.35. The van der Waals surface area contributed by atoms with E-state index in [0.29, 0.717) is 19.3 Å². The van der Waals surface area contributed by atoms with Crippen molar-refractivity contribution in [1.82, 2.24) is 0 Å². The quantitative estimate of drug-likeness (QED) is 0.143. The molecule has 1 atom stereocenters. The number of carbonyl (C=O) groups is 2. The van der Waals surface area contributed by atoms with Gasteiger partial charge in [-0.15, -0.1) is 6.58 Å². The first-order valence-electron chi connectivity index (χ1n) is 12.2. The predicted molar refractivity (Wildman–Crippen MR) is 136 cm³/mol. The van der Waals surface area contributed by atoms with Crippen molar-refractivity contribution in [2.45, 2.75) is 32.5 Å². The van der Waals surface area contributed by atoms with Crippen LogP contribution in [0.5, 0.6) is 0 Å². The molecule has 6 heteroatoms. The van der Waals surface area contributed by atoms with Gasteiger partial charge in [0.2, 0.25) is 0 Å². The monoisotopic (exact) mass is 496 g/mol. The SMILES string of the molecule is C=CC1CC1(C(=O)OCc1coc(Cc2ccccc2)c1)C(=O)OCc1coc(Cc2ccccc2)c1. The molecule has 1 unspecified atom stereocenters. The molecular weight excluding hydrogens is 468 g/mol. The Balaban J connectivity index is 1.15. The van der Waals surface area contributed by atoms with Crippen molar-refractivity contribution in [3.8, 4) is 0 Å². The topological polar surface area (TPSA) is 78.9 Å². The van der Waals surface area contributed by atoms with Gasteiger partial charge in [0.05, 0.1) is 12.5 Å². The summed E-state index contributed by atoms with van der Waals surface area (Å²) in [5, 5.41) is 0. The molecule has 2 aromatic carbocycles. The van der Waals surface area contributed by atoms with Gasteiger partial charge in [0, 0.05) is 29.9 Å². The Hall–Kier alpha value is -4.32. The maximum Gasteiger partial charge on any atom is 0.324 e. The number of carbonyl (C=O) groups excluding carboxylic acids is 2. The summed E-state index contributed by atoms with van der Waals surface area (Å²) in [7, 11) is 0. The molecule has 0 N–H and O–H groups in total. The average molecular weight is 497 g/mol. The number of furan rings is 2. The summed E-state index contributed by atoms with van der Waals surface area (Å²) in [5.74, 6) is 0.0147. The van der Waals surface area contributed by atoms with Crippen molar-refractivity contribution < 1.29 is 27.9 Å². The Labute approximate surface area is 215 Å². The van der Waals surface area contributed by atoms with Gasteiger partial charge in [0.25, 0.3) is 0 Å². The van der Waals surface area contributed by atoms with Crippen molar-refractivity contribution in [2.75, 3.05) is 0 Å². The van der Waals surface area contributed by atoms with E-state index in [0.717, 1.165) is 33.8 Å². The first-order chi connectivity index (χ1) is 18.1. The van der Waals surface area contributed by atoms with Crippen LogP contribution in [0, 0.1) is 11.3 Å². The minimum absolute atomic E-state index is 0.0145. The molecule has 6 nitrogen and oxygen atoms in total. The fraction of sp³-hybridized carbons (Fsp3) is 0.226. The lowest BCUT2D eigenvalue weighted by molar-refractivity contribution is -0.166. The summed E-state index contributed by atoms with van der Waals surface area (Å²) in [6.45, 7) is 3.79. The third kappa shape index (κ3) is 5.59. The van der Waals surface area contributed by atoms with Crippen LogP contribution in [0.15, 0.2) is 107 Å². The lowest BCUT2D eigenvalue weighted by Gasteiger charge is -2.14. The van der Waals surface area contributed by atoms with Crippen LogP contribution in [0.1, 0.15) is 40.2 Å². The Morgan fingerprint density at radius 3 is 1.65 bits per heavy atom. The van der Waals surface area contributed by atoms with E-state index in [4.69, 9.17) is 18.3 Å². The van der Waals surface area contributed by atoms with Crippen LogP contribution in [0.25, 0.3) is 0 Å². The van der Waals surface area contributed by atoms with E-state index in [9.17, 15) is 9.59 Å².